The molecule has 0 saturated heterocycles. The van der Waals surface area contributed by atoms with E-state index >= 15 is 0 Å². The first kappa shape index (κ1) is 10.3. The molecule has 1 nitrogen and oxygen atoms in total. The number of halogens is 1. The Hall–Kier alpha value is 0.283. The van der Waals surface area contributed by atoms with Crippen LogP contribution in [0.1, 0.15) is 0 Å². The molecule has 1 N–H and O–H groups in total. The van der Waals surface area contributed by atoms with Gasteiger partial charge in [-0.15, -0.1) is 12.6 Å². The van der Waals surface area contributed by atoms with E-state index in [4.69, 9.17) is 16.7 Å². The van der Waals surface area contributed by atoms with Crippen molar-refractivity contribution in [3.63, 3.8) is 0 Å². The van der Waals surface area contributed by atoms with E-state index in [1.54, 1.807) is 12.1 Å². The Kier molecular flexibility index (Phi) is 4.34. The summed E-state index contributed by atoms with van der Waals surface area (Å²) in [5.41, 5.74) is 0. The zero-order valence-corrected chi connectivity index (χ0v) is 9.83. The summed E-state index contributed by atoms with van der Waals surface area (Å²) in [4.78, 5) is 0.541. The third-order valence-electron chi connectivity index (χ3n) is 0.937. The molecule has 1 aromatic rings. The van der Waals surface area contributed by atoms with E-state index in [1.807, 2.05) is 0 Å². The van der Waals surface area contributed by atoms with Gasteiger partial charge in [-0.05, 0) is 18.2 Å². The maximum atomic E-state index is 8.94. The summed E-state index contributed by atoms with van der Waals surface area (Å²) in [6.07, 6.45) is 0. The first-order valence-electron chi connectivity index (χ1n) is 2.37. The second-order valence-corrected chi connectivity index (χ2v) is 2.55. The molecule has 0 atom stereocenters. The SMILES string of the molecule is Oc1cc(Cl)ccc1S.[Zn]. The van der Waals surface area contributed by atoms with Crippen LogP contribution in [0.5, 0.6) is 5.75 Å². The number of hydrogen-bond donors (Lipinski definition) is 2. The van der Waals surface area contributed by atoms with Gasteiger partial charge in [-0.2, -0.15) is 0 Å². The predicted octanol–water partition coefficient (Wildman–Crippen LogP) is 2.33. The third kappa shape index (κ3) is 2.49. The molecule has 0 aromatic heterocycles. The summed E-state index contributed by atoms with van der Waals surface area (Å²) in [6, 6.07) is 4.76. The molecular weight excluding hydrogens is 221 g/mol. The van der Waals surface area contributed by atoms with Crippen LogP contribution in [-0.4, -0.2) is 5.11 Å². The largest absolute Gasteiger partial charge is 0.507 e. The van der Waals surface area contributed by atoms with Crippen molar-refractivity contribution in [2.45, 2.75) is 4.90 Å². The van der Waals surface area contributed by atoms with Gasteiger partial charge in [0.1, 0.15) is 5.75 Å². The summed E-state index contributed by atoms with van der Waals surface area (Å²) in [5, 5.41) is 9.46. The summed E-state index contributed by atoms with van der Waals surface area (Å²) in [7, 11) is 0. The number of thiol groups is 1. The van der Waals surface area contributed by atoms with Crippen LogP contribution in [0.3, 0.4) is 0 Å². The Balaban J connectivity index is 0.000000810. The molecule has 0 aliphatic rings. The molecular formula is C6H5ClOSZn. The zero-order valence-electron chi connectivity index (χ0n) is 5.21. The fourth-order valence-corrected chi connectivity index (χ4v) is 0.802. The number of benzene rings is 1. The Labute approximate surface area is 82.6 Å². The molecule has 0 unspecified atom stereocenters. The van der Waals surface area contributed by atoms with E-state index < -0.39 is 0 Å². The smallest absolute Gasteiger partial charge is 0.130 e. The molecule has 4 heteroatoms. The topological polar surface area (TPSA) is 20.2 Å². The molecule has 0 heterocycles. The Morgan fingerprint density at radius 3 is 2.40 bits per heavy atom. The van der Waals surface area contributed by atoms with Crippen LogP contribution in [0.4, 0.5) is 0 Å². The minimum absolute atomic E-state index is 0. The van der Waals surface area contributed by atoms with Crippen LogP contribution in [0.15, 0.2) is 23.1 Å². The number of phenolic OH excluding ortho intramolecular Hbond substituents is 1. The van der Waals surface area contributed by atoms with Gasteiger partial charge in [0, 0.05) is 29.4 Å². The van der Waals surface area contributed by atoms with Crippen molar-refractivity contribution in [2.24, 2.45) is 0 Å². The van der Waals surface area contributed by atoms with Crippen molar-refractivity contribution < 1.29 is 24.6 Å². The minimum Gasteiger partial charge on any atom is -0.507 e. The van der Waals surface area contributed by atoms with Crippen molar-refractivity contribution in [3.05, 3.63) is 23.2 Å². The van der Waals surface area contributed by atoms with Crippen LogP contribution in [0, 0.1) is 0 Å². The van der Waals surface area contributed by atoms with Gasteiger partial charge in [0.25, 0.3) is 0 Å². The molecule has 0 spiro atoms. The van der Waals surface area contributed by atoms with Gasteiger partial charge in [-0.3, -0.25) is 0 Å². The van der Waals surface area contributed by atoms with Crippen LogP contribution >= 0.6 is 24.2 Å². The molecule has 0 radical (unpaired) electrons. The fourth-order valence-electron chi connectivity index (χ4n) is 0.497. The molecule has 0 saturated carbocycles. The third-order valence-corrected chi connectivity index (χ3v) is 1.55. The number of aromatic hydroxyl groups is 1. The van der Waals surface area contributed by atoms with Gasteiger partial charge in [0.15, 0.2) is 0 Å². The van der Waals surface area contributed by atoms with Crippen LogP contribution in [0.2, 0.25) is 5.02 Å². The Morgan fingerprint density at radius 1 is 1.40 bits per heavy atom. The quantitative estimate of drug-likeness (QED) is 0.513. The number of phenols is 1. The Morgan fingerprint density at radius 2 is 2.00 bits per heavy atom. The van der Waals surface area contributed by atoms with Gasteiger partial charge in [0.05, 0.1) is 0 Å². The van der Waals surface area contributed by atoms with Gasteiger partial charge in [-0.1, -0.05) is 11.6 Å². The van der Waals surface area contributed by atoms with E-state index in [2.05, 4.69) is 12.6 Å². The number of hydrogen-bond acceptors (Lipinski definition) is 2. The van der Waals surface area contributed by atoms with Crippen molar-refractivity contribution in [2.75, 3.05) is 0 Å². The maximum Gasteiger partial charge on any atom is 0.130 e. The van der Waals surface area contributed by atoms with E-state index in [0.29, 0.717) is 9.92 Å². The van der Waals surface area contributed by atoms with Crippen LogP contribution < -0.4 is 0 Å². The summed E-state index contributed by atoms with van der Waals surface area (Å²) in [5.74, 6) is 0.117. The standard InChI is InChI=1S/C6H5ClOS.Zn/c7-4-1-2-6(9)5(8)3-4;/h1-3,8-9H;. The summed E-state index contributed by atoms with van der Waals surface area (Å²) in [6.45, 7) is 0. The minimum atomic E-state index is 0. The Bertz CT molecular complexity index is 229. The monoisotopic (exact) mass is 224 g/mol. The average molecular weight is 226 g/mol. The van der Waals surface area contributed by atoms with E-state index in [0.717, 1.165) is 0 Å². The fraction of sp³-hybridized carbons (Fsp3) is 0. The van der Waals surface area contributed by atoms with Crippen molar-refractivity contribution in [1.29, 1.82) is 0 Å². The molecule has 0 aliphatic heterocycles. The first-order valence-corrected chi connectivity index (χ1v) is 3.20. The molecule has 0 aliphatic carbocycles. The molecule has 1 aromatic carbocycles. The summed E-state index contributed by atoms with van der Waals surface area (Å²) >= 11 is 9.46. The van der Waals surface area contributed by atoms with Crippen LogP contribution in [0.25, 0.3) is 0 Å². The average Bonchev–Trinajstić information content (AvgIpc) is 1.80. The molecule has 0 fully saturated rings. The van der Waals surface area contributed by atoms with Gasteiger partial charge < -0.3 is 5.11 Å². The molecule has 50 valence electrons. The molecule has 0 amide bonds. The van der Waals surface area contributed by atoms with E-state index in [9.17, 15) is 0 Å². The van der Waals surface area contributed by atoms with E-state index in [-0.39, 0.29) is 25.2 Å². The normalized spacial score (nSPS) is 8.60. The molecule has 0 bridgehead atoms. The zero-order chi connectivity index (χ0) is 6.85. The van der Waals surface area contributed by atoms with Crippen molar-refractivity contribution >= 4 is 24.2 Å². The van der Waals surface area contributed by atoms with E-state index in [1.165, 1.54) is 6.07 Å². The predicted molar refractivity (Wildman–Crippen MR) is 40.4 cm³/mol. The van der Waals surface area contributed by atoms with Gasteiger partial charge in [-0.25, -0.2) is 0 Å². The second-order valence-electron chi connectivity index (χ2n) is 1.63. The number of rotatable bonds is 0. The summed E-state index contributed by atoms with van der Waals surface area (Å²) < 4.78 is 0. The van der Waals surface area contributed by atoms with Crippen molar-refractivity contribution in [1.82, 2.24) is 0 Å². The molecule has 10 heavy (non-hydrogen) atoms. The van der Waals surface area contributed by atoms with Crippen molar-refractivity contribution in [3.8, 4) is 5.75 Å². The maximum absolute atomic E-state index is 8.94. The molecule has 1 rings (SSSR count). The van der Waals surface area contributed by atoms with Crippen LogP contribution in [-0.2, 0) is 19.5 Å². The van der Waals surface area contributed by atoms with Gasteiger partial charge >= 0.3 is 0 Å². The first-order chi connectivity index (χ1) is 4.20. The van der Waals surface area contributed by atoms with Gasteiger partial charge in [0.2, 0.25) is 0 Å². The second kappa shape index (κ2) is 4.22.